The third-order valence-electron chi connectivity index (χ3n) is 12.5. The van der Waals surface area contributed by atoms with Gasteiger partial charge in [-0.2, -0.15) is 0 Å². The predicted molar refractivity (Wildman–Crippen MR) is 276 cm³/mol. The molecule has 7 aromatic carbocycles. The summed E-state index contributed by atoms with van der Waals surface area (Å²) in [5, 5.41) is 12.0. The molecule has 5 unspecified atom stereocenters. The van der Waals surface area contributed by atoms with Crippen molar-refractivity contribution in [2.45, 2.75) is 61.4 Å². The summed E-state index contributed by atoms with van der Waals surface area (Å²) in [7, 11) is 0. The van der Waals surface area contributed by atoms with Gasteiger partial charge >= 0.3 is 41.8 Å². The highest BCUT2D eigenvalue weighted by molar-refractivity contribution is 5.93. The molecule has 0 aromatic heterocycles. The lowest BCUT2D eigenvalue weighted by Gasteiger charge is -2.48. The predicted octanol–water partition coefficient (Wildman–Crippen LogP) is 7.66. The van der Waals surface area contributed by atoms with Crippen molar-refractivity contribution in [1.29, 1.82) is 0 Å². The molecule has 2 heterocycles. The first kappa shape index (κ1) is 54.5. The van der Waals surface area contributed by atoms with Crippen molar-refractivity contribution in [3.05, 3.63) is 251 Å². The lowest BCUT2D eigenvalue weighted by Crippen LogP contribution is -2.67. The molecule has 0 aliphatic carbocycles. The largest absolute Gasteiger partial charge is 0.459 e. The fourth-order valence-corrected chi connectivity index (χ4v) is 8.59. The molecule has 2 fully saturated rings. The number of carbonyl (C=O) groups is 7. The van der Waals surface area contributed by atoms with E-state index in [1.54, 1.807) is 127 Å². The molecule has 10 atom stereocenters. The Balaban J connectivity index is 1.18. The number of benzene rings is 7. The summed E-state index contributed by atoms with van der Waals surface area (Å²) in [5.74, 6) is -6.72. The molecule has 402 valence electrons. The van der Waals surface area contributed by atoms with E-state index in [0.717, 1.165) is 0 Å². The second kappa shape index (κ2) is 26.1. The number of carbonyl (C=O) groups excluding carboxylic acids is 7. The Morgan fingerprint density at radius 3 is 0.886 bits per heavy atom. The molecule has 0 bridgehead atoms. The van der Waals surface area contributed by atoms with E-state index in [-0.39, 0.29) is 38.9 Å². The van der Waals surface area contributed by atoms with Crippen LogP contribution in [0.4, 0.5) is 0 Å². The molecular weight excluding hydrogens is 1020 g/mol. The van der Waals surface area contributed by atoms with Crippen LogP contribution in [-0.2, 0) is 47.4 Å². The molecule has 0 spiro atoms. The molecule has 18 heteroatoms. The van der Waals surface area contributed by atoms with Crippen LogP contribution in [0.25, 0.3) is 0 Å². The molecule has 2 aliphatic heterocycles. The number of hydrogen-bond acceptors (Lipinski definition) is 18. The minimum atomic E-state index is -2.16. The van der Waals surface area contributed by atoms with E-state index in [1.807, 2.05) is 0 Å². The van der Waals surface area contributed by atoms with E-state index in [2.05, 4.69) is 0 Å². The van der Waals surface area contributed by atoms with Crippen LogP contribution in [0.15, 0.2) is 212 Å². The fourth-order valence-electron chi connectivity index (χ4n) is 8.59. The lowest BCUT2D eigenvalue weighted by molar-refractivity contribution is -0.352. The third-order valence-corrected chi connectivity index (χ3v) is 12.5. The van der Waals surface area contributed by atoms with Gasteiger partial charge in [-0.05, 0) is 84.9 Å². The Morgan fingerprint density at radius 1 is 0.304 bits per heavy atom. The van der Waals surface area contributed by atoms with Crippen molar-refractivity contribution in [3.8, 4) is 0 Å². The lowest BCUT2D eigenvalue weighted by atomic mass is 9.95. The summed E-state index contributed by atoms with van der Waals surface area (Å²) in [5.41, 5.74) is 0.295. The Hall–Kier alpha value is -9.33. The van der Waals surface area contributed by atoms with Gasteiger partial charge in [-0.15, -0.1) is 0 Å². The van der Waals surface area contributed by atoms with Crippen LogP contribution in [0.5, 0.6) is 0 Å². The third kappa shape index (κ3) is 13.8. The first-order valence-corrected chi connectivity index (χ1v) is 24.9. The van der Waals surface area contributed by atoms with Crippen LogP contribution >= 0.6 is 0 Å². The van der Waals surface area contributed by atoms with Gasteiger partial charge in [-0.3, -0.25) is 0 Å². The highest BCUT2D eigenvalue weighted by Crippen LogP contribution is 2.37. The fraction of sp³-hybridized carbons (Fsp3) is 0.197. The molecular formula is C61H50O18. The molecule has 1 N–H and O–H groups in total. The molecule has 2 saturated heterocycles. The molecule has 2 aliphatic rings. The number of hydrogen-bond donors (Lipinski definition) is 1. The molecule has 79 heavy (non-hydrogen) atoms. The van der Waals surface area contributed by atoms with E-state index in [4.69, 9.17) is 47.4 Å². The van der Waals surface area contributed by atoms with Gasteiger partial charge in [0, 0.05) is 0 Å². The number of esters is 7. The van der Waals surface area contributed by atoms with Gasteiger partial charge in [0.2, 0.25) is 0 Å². The zero-order chi connectivity index (χ0) is 55.1. The highest BCUT2D eigenvalue weighted by Gasteiger charge is 2.58. The average molecular weight is 1070 g/mol. The second-order valence-corrected chi connectivity index (χ2v) is 17.8. The summed E-state index contributed by atoms with van der Waals surface area (Å²) in [6, 6.07) is 54.1. The monoisotopic (exact) mass is 1070 g/mol. The summed E-state index contributed by atoms with van der Waals surface area (Å²) in [6.45, 7) is -1.48. The molecule has 7 aromatic rings. The minimum Gasteiger partial charge on any atom is -0.459 e. The van der Waals surface area contributed by atoms with E-state index < -0.39 is 116 Å². The second-order valence-electron chi connectivity index (χ2n) is 17.8. The van der Waals surface area contributed by atoms with Crippen LogP contribution in [0.1, 0.15) is 72.5 Å². The Bertz CT molecular complexity index is 3170. The number of rotatable bonds is 18. The van der Waals surface area contributed by atoms with Crippen molar-refractivity contribution in [1.82, 2.24) is 0 Å². The summed E-state index contributed by atoms with van der Waals surface area (Å²) < 4.78 is 61.9. The van der Waals surface area contributed by atoms with Gasteiger partial charge in [-0.25, -0.2) is 33.6 Å². The molecule has 0 amide bonds. The van der Waals surface area contributed by atoms with Crippen LogP contribution in [0.3, 0.4) is 0 Å². The number of ether oxygens (including phenoxy) is 10. The topological polar surface area (TPSA) is 232 Å². The zero-order valence-corrected chi connectivity index (χ0v) is 41.8. The zero-order valence-electron chi connectivity index (χ0n) is 41.8. The van der Waals surface area contributed by atoms with E-state index in [1.165, 1.54) is 84.9 Å². The maximum atomic E-state index is 14.5. The van der Waals surface area contributed by atoms with E-state index in [9.17, 15) is 38.7 Å². The highest BCUT2D eigenvalue weighted by atomic mass is 16.8. The molecule has 0 radical (unpaired) electrons. The van der Waals surface area contributed by atoms with Gasteiger partial charge in [-0.1, -0.05) is 127 Å². The smallest absolute Gasteiger partial charge is 0.338 e. The maximum Gasteiger partial charge on any atom is 0.338 e. The van der Waals surface area contributed by atoms with Gasteiger partial charge < -0.3 is 52.5 Å². The van der Waals surface area contributed by atoms with Crippen molar-refractivity contribution < 1.29 is 86.0 Å². The first-order valence-electron chi connectivity index (χ1n) is 24.9. The Kier molecular flexibility index (Phi) is 18.0. The van der Waals surface area contributed by atoms with Gasteiger partial charge in [0.25, 0.3) is 0 Å². The van der Waals surface area contributed by atoms with E-state index >= 15 is 0 Å². The standard InChI is InChI=1S/C61H50O18/c62-53(38-22-8-1-9-23-38)70-36-45-47(74-55(64)40-26-12-3-13-27-40)49(51(60(69)72-45)77-58(67)43-32-18-6-19-33-43)79-61-52(78-59(68)44-34-20-7-21-35-44)50(76-57(66)42-30-16-5-17-31-42)48(75-56(65)41-28-14-4-15-29-41)46(73-61)37-71-54(63)39-24-10-2-11-25-39/h1-35,45-52,60-61,69H,36-37H2/t45?,46?,47-,48-,49-,50-,51?,52?,60?,61-/m0/s1. The summed E-state index contributed by atoms with van der Waals surface area (Å²) in [6.07, 6.45) is -19.1. The SMILES string of the molecule is O=C(OCC1OC(O)C(OC(=O)c2ccccc2)[C@@H](O[C@@H]2OC(COC(=O)c3ccccc3)[C@H](OC(=O)c3ccccc3)[C@H](OC(=O)c3ccccc3)C2OC(=O)c2ccccc2)[C@H]1OC(=O)c1ccccc1)c1ccccc1. The maximum absolute atomic E-state index is 14.5. The molecule has 9 rings (SSSR count). The summed E-state index contributed by atoms with van der Waals surface area (Å²) >= 11 is 0. The van der Waals surface area contributed by atoms with Crippen molar-refractivity contribution in [3.63, 3.8) is 0 Å². The van der Waals surface area contributed by atoms with Crippen LogP contribution in [0, 0.1) is 0 Å². The first-order chi connectivity index (χ1) is 38.5. The summed E-state index contributed by atoms with van der Waals surface area (Å²) in [4.78, 5) is 98.6. The van der Waals surface area contributed by atoms with Crippen molar-refractivity contribution >= 4 is 41.8 Å². The van der Waals surface area contributed by atoms with Crippen LogP contribution < -0.4 is 0 Å². The van der Waals surface area contributed by atoms with E-state index in [0.29, 0.717) is 0 Å². The molecule has 0 saturated carbocycles. The van der Waals surface area contributed by atoms with Crippen molar-refractivity contribution in [2.75, 3.05) is 13.2 Å². The Labute approximate surface area is 452 Å². The average Bonchev–Trinajstić information content (AvgIpc) is 3.50. The number of aliphatic hydroxyl groups is 1. The van der Waals surface area contributed by atoms with Crippen LogP contribution in [0.2, 0.25) is 0 Å². The van der Waals surface area contributed by atoms with Crippen molar-refractivity contribution in [2.24, 2.45) is 0 Å². The normalized spacial score (nSPS) is 22.4. The molecule has 18 nitrogen and oxygen atoms in total. The van der Waals surface area contributed by atoms with Gasteiger partial charge in [0.05, 0.1) is 38.9 Å². The Morgan fingerprint density at radius 2 is 0.557 bits per heavy atom. The minimum absolute atomic E-state index is 0.000933. The van der Waals surface area contributed by atoms with Gasteiger partial charge in [0.1, 0.15) is 31.5 Å². The number of aliphatic hydroxyl groups excluding tert-OH is 1. The van der Waals surface area contributed by atoms with Gasteiger partial charge in [0.15, 0.2) is 43.1 Å². The quantitative estimate of drug-likeness (QED) is 0.0642. The van der Waals surface area contributed by atoms with Crippen LogP contribution in [-0.4, -0.2) is 122 Å².